The zero-order valence-corrected chi connectivity index (χ0v) is 21.2. The number of aliphatic hydroxyl groups is 1. The van der Waals surface area contributed by atoms with Crippen LogP contribution in [0.1, 0.15) is 41.7 Å². The molecule has 1 unspecified atom stereocenters. The summed E-state index contributed by atoms with van der Waals surface area (Å²) in [5.41, 5.74) is 11.9. The van der Waals surface area contributed by atoms with Crippen LogP contribution in [0, 0.1) is 0 Å². The number of benzene rings is 5. The van der Waals surface area contributed by atoms with E-state index in [4.69, 9.17) is 4.74 Å². The van der Waals surface area contributed by atoms with Crippen LogP contribution in [0.15, 0.2) is 109 Å². The van der Waals surface area contributed by atoms with Crippen molar-refractivity contribution in [2.45, 2.75) is 24.9 Å². The van der Waals surface area contributed by atoms with E-state index < -0.39 is 11.0 Å². The molecular formula is C35H28O2. The highest BCUT2D eigenvalue weighted by Crippen LogP contribution is 2.64. The molecule has 0 radical (unpaired) electrons. The fourth-order valence-electron chi connectivity index (χ4n) is 6.77. The van der Waals surface area contributed by atoms with Gasteiger partial charge in [0, 0.05) is 0 Å². The Morgan fingerprint density at radius 1 is 0.568 bits per heavy atom. The summed E-state index contributed by atoms with van der Waals surface area (Å²) in [7, 11) is 1.73. The number of rotatable bonds is 3. The number of hydrogen-bond donors (Lipinski definition) is 1. The van der Waals surface area contributed by atoms with Crippen molar-refractivity contribution in [1.29, 1.82) is 0 Å². The van der Waals surface area contributed by atoms with Crippen LogP contribution in [-0.2, 0) is 11.0 Å². The molecule has 0 amide bonds. The summed E-state index contributed by atoms with van der Waals surface area (Å²) in [6.07, 6.45) is 0. The summed E-state index contributed by atoms with van der Waals surface area (Å²) in [5, 5.41) is 11.1. The maximum atomic E-state index is 11.1. The van der Waals surface area contributed by atoms with Gasteiger partial charge in [0.15, 0.2) is 0 Å². The molecule has 2 nitrogen and oxygen atoms in total. The number of ether oxygens (including phenoxy) is 1. The molecule has 5 aromatic rings. The molecule has 0 fully saturated rings. The van der Waals surface area contributed by atoms with E-state index in [1.54, 1.807) is 7.11 Å². The highest BCUT2D eigenvalue weighted by atomic mass is 16.5. The Labute approximate surface area is 217 Å². The van der Waals surface area contributed by atoms with E-state index in [1.165, 1.54) is 44.5 Å². The summed E-state index contributed by atoms with van der Waals surface area (Å²) in [6, 6.07) is 39.0. The van der Waals surface area contributed by atoms with Crippen LogP contribution < -0.4 is 4.74 Å². The molecule has 0 saturated carbocycles. The van der Waals surface area contributed by atoms with Crippen molar-refractivity contribution in [2.75, 3.05) is 7.11 Å². The maximum Gasteiger partial charge on any atom is 0.119 e. The third-order valence-electron chi connectivity index (χ3n) is 8.20. The largest absolute Gasteiger partial charge is 0.497 e. The van der Waals surface area contributed by atoms with Crippen molar-refractivity contribution in [1.82, 2.24) is 0 Å². The molecule has 1 N–H and O–H groups in total. The van der Waals surface area contributed by atoms with Crippen LogP contribution in [-0.4, -0.2) is 12.2 Å². The minimum absolute atomic E-state index is 0.438. The fraction of sp³-hybridized carbons (Fsp3) is 0.143. The van der Waals surface area contributed by atoms with Gasteiger partial charge in [-0.3, -0.25) is 0 Å². The molecule has 7 rings (SSSR count). The van der Waals surface area contributed by atoms with E-state index in [9.17, 15) is 5.11 Å². The SMILES string of the molecule is COc1ccc2c(c1)C1(c3ccccc3-2)c2ccccc2-c2c(-c3ccccc3C(C)(C)O)cccc21. The van der Waals surface area contributed by atoms with E-state index in [2.05, 4.69) is 97.1 Å². The Morgan fingerprint density at radius 2 is 1.14 bits per heavy atom. The monoisotopic (exact) mass is 480 g/mol. The van der Waals surface area contributed by atoms with E-state index in [1.807, 2.05) is 26.0 Å². The lowest BCUT2D eigenvalue weighted by atomic mass is 9.70. The summed E-state index contributed by atoms with van der Waals surface area (Å²) in [6.45, 7) is 3.72. The van der Waals surface area contributed by atoms with Crippen LogP contribution in [0.4, 0.5) is 0 Å². The summed E-state index contributed by atoms with van der Waals surface area (Å²) in [5.74, 6) is 0.861. The first-order chi connectivity index (χ1) is 18.0. The molecule has 0 aromatic heterocycles. The average Bonchev–Trinajstić information content (AvgIpc) is 3.39. The van der Waals surface area contributed by atoms with Crippen molar-refractivity contribution < 1.29 is 9.84 Å². The number of methoxy groups -OCH3 is 1. The summed E-state index contributed by atoms with van der Waals surface area (Å²) >= 11 is 0. The van der Waals surface area contributed by atoms with Crippen LogP contribution in [0.2, 0.25) is 0 Å². The summed E-state index contributed by atoms with van der Waals surface area (Å²) in [4.78, 5) is 0. The first-order valence-electron chi connectivity index (χ1n) is 12.8. The molecule has 0 aliphatic heterocycles. The highest BCUT2D eigenvalue weighted by Gasteiger charge is 2.52. The topological polar surface area (TPSA) is 29.5 Å². The van der Waals surface area contributed by atoms with E-state index in [-0.39, 0.29) is 0 Å². The van der Waals surface area contributed by atoms with Gasteiger partial charge in [0.1, 0.15) is 5.75 Å². The molecule has 180 valence electrons. The van der Waals surface area contributed by atoms with Gasteiger partial charge in [-0.25, -0.2) is 0 Å². The molecule has 2 heteroatoms. The first-order valence-corrected chi connectivity index (χ1v) is 12.8. The lowest BCUT2D eigenvalue weighted by molar-refractivity contribution is 0.0792. The molecule has 1 spiro atoms. The molecule has 5 aromatic carbocycles. The Morgan fingerprint density at radius 3 is 1.86 bits per heavy atom. The van der Waals surface area contributed by atoms with Gasteiger partial charge in [-0.05, 0) is 87.2 Å². The second kappa shape index (κ2) is 7.68. The second-order valence-corrected chi connectivity index (χ2v) is 10.6. The molecule has 2 aliphatic rings. The molecule has 0 saturated heterocycles. The first kappa shape index (κ1) is 22.1. The van der Waals surface area contributed by atoms with Crippen LogP contribution >= 0.6 is 0 Å². The van der Waals surface area contributed by atoms with Gasteiger partial charge in [0.25, 0.3) is 0 Å². The second-order valence-electron chi connectivity index (χ2n) is 10.6. The smallest absolute Gasteiger partial charge is 0.119 e. The molecule has 1 atom stereocenters. The maximum absolute atomic E-state index is 11.1. The minimum atomic E-state index is -0.963. The van der Waals surface area contributed by atoms with Gasteiger partial charge in [0.05, 0.1) is 18.1 Å². The minimum Gasteiger partial charge on any atom is -0.497 e. The zero-order chi connectivity index (χ0) is 25.4. The molecular weight excluding hydrogens is 452 g/mol. The standard InChI is InChI=1S/C35H28O2/c1-34(2,36)28-15-7-4-12-24(28)26-14-10-18-31-33(26)27-13-6-9-17-30(27)35(31)29-16-8-5-11-23(29)25-20-19-22(37-3)21-32(25)35/h4-21,36H,1-3H3. The predicted octanol–water partition coefficient (Wildman–Crippen LogP) is 7.93. The van der Waals surface area contributed by atoms with Crippen molar-refractivity contribution in [3.63, 3.8) is 0 Å². The Balaban J connectivity index is 1.64. The fourth-order valence-corrected chi connectivity index (χ4v) is 6.77. The third kappa shape index (κ3) is 2.85. The number of hydrogen-bond acceptors (Lipinski definition) is 2. The number of fused-ring (bicyclic) bond motifs is 10. The highest BCUT2D eigenvalue weighted by molar-refractivity contribution is 6.00. The lowest BCUT2D eigenvalue weighted by Gasteiger charge is -2.31. The molecule has 0 bridgehead atoms. The van der Waals surface area contributed by atoms with E-state index in [0.717, 1.165) is 22.4 Å². The normalized spacial score (nSPS) is 16.8. The lowest BCUT2D eigenvalue weighted by Crippen LogP contribution is -2.25. The molecule has 37 heavy (non-hydrogen) atoms. The quantitative estimate of drug-likeness (QED) is 0.278. The van der Waals surface area contributed by atoms with Crippen LogP contribution in [0.5, 0.6) is 5.75 Å². The van der Waals surface area contributed by atoms with Gasteiger partial charge >= 0.3 is 0 Å². The van der Waals surface area contributed by atoms with Crippen molar-refractivity contribution in [3.8, 4) is 39.1 Å². The molecule has 2 aliphatic carbocycles. The zero-order valence-electron chi connectivity index (χ0n) is 21.2. The molecule has 0 heterocycles. The average molecular weight is 481 g/mol. The van der Waals surface area contributed by atoms with E-state index in [0.29, 0.717) is 0 Å². The van der Waals surface area contributed by atoms with E-state index >= 15 is 0 Å². The van der Waals surface area contributed by atoms with Gasteiger partial charge < -0.3 is 9.84 Å². The Bertz CT molecular complexity index is 1710. The van der Waals surface area contributed by atoms with Crippen molar-refractivity contribution in [2.24, 2.45) is 0 Å². The van der Waals surface area contributed by atoms with Crippen molar-refractivity contribution in [3.05, 3.63) is 137 Å². The third-order valence-corrected chi connectivity index (χ3v) is 8.20. The van der Waals surface area contributed by atoms with Gasteiger partial charge in [-0.2, -0.15) is 0 Å². The van der Waals surface area contributed by atoms with Crippen molar-refractivity contribution >= 4 is 0 Å². The Kier molecular flexibility index (Phi) is 4.58. The van der Waals surface area contributed by atoms with Crippen LogP contribution in [0.25, 0.3) is 33.4 Å². The van der Waals surface area contributed by atoms with Gasteiger partial charge in [-0.1, -0.05) is 97.1 Å². The van der Waals surface area contributed by atoms with Gasteiger partial charge in [-0.15, -0.1) is 0 Å². The van der Waals surface area contributed by atoms with Gasteiger partial charge in [0.2, 0.25) is 0 Å². The van der Waals surface area contributed by atoms with Crippen LogP contribution in [0.3, 0.4) is 0 Å². The summed E-state index contributed by atoms with van der Waals surface area (Å²) < 4.78 is 5.74. The Hall–Kier alpha value is -4.14. The predicted molar refractivity (Wildman–Crippen MR) is 150 cm³/mol.